The molecule has 156 valence electrons. The minimum atomic E-state index is -0.351. The number of hydroxylamine groups is 1. The van der Waals surface area contributed by atoms with E-state index in [0.717, 1.165) is 11.1 Å². The standard InChI is InChI=1S/C22H20N6O3/c1-15-20(31-26-22(29)17-6-4-3-5-7-17)18(12-16-8-9-19(30-2)23-13-16)14-24-21(15)28-11-10-25-27-28/h3-11,13-14H,12H2,1-2H3,(H,26,29). The molecular formula is C22H20N6O3. The summed E-state index contributed by atoms with van der Waals surface area (Å²) < 4.78 is 6.66. The molecule has 0 saturated heterocycles. The first-order valence-electron chi connectivity index (χ1n) is 9.52. The maximum atomic E-state index is 12.5. The van der Waals surface area contributed by atoms with E-state index >= 15 is 0 Å². The van der Waals surface area contributed by atoms with Crippen LogP contribution in [0.15, 0.2) is 67.3 Å². The number of nitrogens with zero attached hydrogens (tertiary/aromatic N) is 5. The van der Waals surface area contributed by atoms with Gasteiger partial charge in [-0.05, 0) is 24.6 Å². The number of methoxy groups -OCH3 is 1. The van der Waals surface area contributed by atoms with Crippen molar-refractivity contribution in [2.75, 3.05) is 7.11 Å². The van der Waals surface area contributed by atoms with Crippen molar-refractivity contribution in [3.8, 4) is 17.4 Å². The van der Waals surface area contributed by atoms with E-state index in [9.17, 15) is 4.79 Å². The number of pyridine rings is 2. The number of hydrogen-bond donors (Lipinski definition) is 1. The zero-order valence-electron chi connectivity index (χ0n) is 17.0. The lowest BCUT2D eigenvalue weighted by Crippen LogP contribution is -2.28. The molecule has 0 aliphatic carbocycles. The van der Waals surface area contributed by atoms with E-state index < -0.39 is 0 Å². The molecule has 3 aromatic heterocycles. The molecule has 9 nitrogen and oxygen atoms in total. The predicted molar refractivity (Wildman–Crippen MR) is 112 cm³/mol. The third kappa shape index (κ3) is 4.50. The number of benzene rings is 1. The minimum absolute atomic E-state index is 0.351. The average molecular weight is 416 g/mol. The first-order chi connectivity index (χ1) is 15.2. The van der Waals surface area contributed by atoms with E-state index in [2.05, 4.69) is 25.8 Å². The van der Waals surface area contributed by atoms with E-state index in [1.807, 2.05) is 19.1 Å². The van der Waals surface area contributed by atoms with Crippen molar-refractivity contribution in [1.82, 2.24) is 30.4 Å². The highest BCUT2D eigenvalue weighted by molar-refractivity contribution is 5.93. The van der Waals surface area contributed by atoms with Crippen LogP contribution in [-0.4, -0.2) is 38.0 Å². The summed E-state index contributed by atoms with van der Waals surface area (Å²) in [5.74, 6) is 1.22. The Balaban J connectivity index is 1.64. The van der Waals surface area contributed by atoms with Gasteiger partial charge in [0, 0.05) is 41.6 Å². The number of rotatable bonds is 7. The fourth-order valence-corrected chi connectivity index (χ4v) is 3.06. The van der Waals surface area contributed by atoms with Crippen LogP contribution in [0.5, 0.6) is 11.6 Å². The SMILES string of the molecule is COc1ccc(Cc2cnc(-n3ccnn3)c(C)c2ONC(=O)c2ccccc2)cn1. The van der Waals surface area contributed by atoms with Crippen molar-refractivity contribution < 1.29 is 14.4 Å². The Kier molecular flexibility index (Phi) is 5.84. The molecule has 4 rings (SSSR count). The Morgan fingerprint density at radius 2 is 1.94 bits per heavy atom. The molecule has 31 heavy (non-hydrogen) atoms. The van der Waals surface area contributed by atoms with Gasteiger partial charge in [-0.3, -0.25) is 4.79 Å². The largest absolute Gasteiger partial charge is 0.481 e. The third-order valence-corrected chi connectivity index (χ3v) is 4.63. The van der Waals surface area contributed by atoms with Crippen LogP contribution in [0.1, 0.15) is 27.0 Å². The number of amides is 1. The fourth-order valence-electron chi connectivity index (χ4n) is 3.06. The molecule has 1 N–H and O–H groups in total. The highest BCUT2D eigenvalue weighted by atomic mass is 16.7. The number of carbonyl (C=O) groups excluding carboxylic acids is 1. The number of carbonyl (C=O) groups is 1. The number of aromatic nitrogens is 5. The Labute approximate surface area is 178 Å². The van der Waals surface area contributed by atoms with Crippen molar-refractivity contribution in [1.29, 1.82) is 0 Å². The summed E-state index contributed by atoms with van der Waals surface area (Å²) in [6.07, 6.45) is 7.17. The molecule has 0 radical (unpaired) electrons. The van der Waals surface area contributed by atoms with Gasteiger partial charge in [0.25, 0.3) is 5.91 Å². The molecule has 0 bridgehead atoms. The van der Waals surface area contributed by atoms with Crippen LogP contribution in [0.3, 0.4) is 0 Å². The molecule has 9 heteroatoms. The lowest BCUT2D eigenvalue weighted by atomic mass is 10.1. The van der Waals surface area contributed by atoms with E-state index in [0.29, 0.717) is 35.0 Å². The Morgan fingerprint density at radius 3 is 2.61 bits per heavy atom. The van der Waals surface area contributed by atoms with Crippen molar-refractivity contribution in [3.05, 3.63) is 89.5 Å². The van der Waals surface area contributed by atoms with E-state index in [1.54, 1.807) is 66.9 Å². The molecule has 0 atom stereocenters. The maximum absolute atomic E-state index is 12.5. The second kappa shape index (κ2) is 9.04. The molecule has 0 spiro atoms. The second-order valence-electron chi connectivity index (χ2n) is 6.69. The first-order valence-corrected chi connectivity index (χ1v) is 9.52. The normalized spacial score (nSPS) is 10.5. The Hall–Kier alpha value is -4.27. The number of hydrogen-bond acceptors (Lipinski definition) is 7. The van der Waals surface area contributed by atoms with Crippen LogP contribution in [0.2, 0.25) is 0 Å². The molecule has 0 aliphatic heterocycles. The monoisotopic (exact) mass is 416 g/mol. The quantitative estimate of drug-likeness (QED) is 0.462. The fraction of sp³-hybridized carbons (Fsp3) is 0.136. The predicted octanol–water partition coefficient (Wildman–Crippen LogP) is 2.69. The number of nitrogens with one attached hydrogen (secondary N) is 1. The Bertz CT molecular complexity index is 1160. The highest BCUT2D eigenvalue weighted by Crippen LogP contribution is 2.28. The number of ether oxygens (including phenoxy) is 1. The smallest absolute Gasteiger partial charge is 0.283 e. The summed E-state index contributed by atoms with van der Waals surface area (Å²) >= 11 is 0. The summed E-state index contributed by atoms with van der Waals surface area (Å²) in [5, 5.41) is 7.83. The van der Waals surface area contributed by atoms with Crippen LogP contribution >= 0.6 is 0 Å². The summed E-state index contributed by atoms with van der Waals surface area (Å²) in [4.78, 5) is 27.0. The molecule has 0 unspecified atom stereocenters. The maximum Gasteiger partial charge on any atom is 0.283 e. The van der Waals surface area contributed by atoms with Crippen molar-refractivity contribution >= 4 is 5.91 Å². The van der Waals surface area contributed by atoms with Crippen LogP contribution in [0, 0.1) is 6.92 Å². The lowest BCUT2D eigenvalue weighted by Gasteiger charge is -2.16. The summed E-state index contributed by atoms with van der Waals surface area (Å²) in [7, 11) is 1.57. The molecular weight excluding hydrogens is 396 g/mol. The second-order valence-corrected chi connectivity index (χ2v) is 6.69. The Morgan fingerprint density at radius 1 is 1.10 bits per heavy atom. The van der Waals surface area contributed by atoms with Crippen molar-refractivity contribution in [3.63, 3.8) is 0 Å². The highest BCUT2D eigenvalue weighted by Gasteiger charge is 2.17. The van der Waals surface area contributed by atoms with Crippen molar-refractivity contribution in [2.45, 2.75) is 13.3 Å². The zero-order valence-corrected chi connectivity index (χ0v) is 17.0. The minimum Gasteiger partial charge on any atom is -0.481 e. The lowest BCUT2D eigenvalue weighted by molar-refractivity contribution is 0.0756. The average Bonchev–Trinajstić information content (AvgIpc) is 3.34. The van der Waals surface area contributed by atoms with Crippen LogP contribution in [0.4, 0.5) is 0 Å². The van der Waals surface area contributed by atoms with Gasteiger partial charge in [0.1, 0.15) is 0 Å². The topological polar surface area (TPSA) is 104 Å². The summed E-state index contributed by atoms with van der Waals surface area (Å²) in [6.45, 7) is 1.85. The van der Waals surface area contributed by atoms with Crippen LogP contribution in [0.25, 0.3) is 5.82 Å². The van der Waals surface area contributed by atoms with Gasteiger partial charge < -0.3 is 9.57 Å². The van der Waals surface area contributed by atoms with Gasteiger partial charge in [0.15, 0.2) is 11.6 Å². The van der Waals surface area contributed by atoms with Gasteiger partial charge in [0.05, 0.1) is 19.5 Å². The molecule has 4 aromatic rings. The molecule has 0 saturated carbocycles. The first kappa shape index (κ1) is 20.0. The van der Waals surface area contributed by atoms with Gasteiger partial charge in [0.2, 0.25) is 5.88 Å². The van der Waals surface area contributed by atoms with Crippen LogP contribution in [-0.2, 0) is 6.42 Å². The van der Waals surface area contributed by atoms with E-state index in [4.69, 9.17) is 9.57 Å². The molecule has 3 heterocycles. The molecule has 0 aliphatic rings. The summed E-state index contributed by atoms with van der Waals surface area (Å²) in [6, 6.07) is 12.5. The molecule has 1 amide bonds. The van der Waals surface area contributed by atoms with E-state index in [-0.39, 0.29) is 5.91 Å². The molecule has 1 aromatic carbocycles. The van der Waals surface area contributed by atoms with E-state index in [1.165, 1.54) is 0 Å². The van der Waals surface area contributed by atoms with Gasteiger partial charge >= 0.3 is 0 Å². The zero-order chi connectivity index (χ0) is 21.6. The van der Waals surface area contributed by atoms with Gasteiger partial charge in [-0.15, -0.1) is 5.10 Å². The van der Waals surface area contributed by atoms with Crippen LogP contribution < -0.4 is 15.1 Å². The molecule has 0 fully saturated rings. The van der Waals surface area contributed by atoms with Gasteiger partial charge in [-0.25, -0.2) is 14.6 Å². The van der Waals surface area contributed by atoms with Crippen molar-refractivity contribution in [2.24, 2.45) is 0 Å². The van der Waals surface area contributed by atoms with Gasteiger partial charge in [-0.1, -0.05) is 29.5 Å². The third-order valence-electron chi connectivity index (χ3n) is 4.63. The van der Waals surface area contributed by atoms with Gasteiger partial charge in [-0.2, -0.15) is 5.48 Å². The summed E-state index contributed by atoms with van der Waals surface area (Å²) in [5.41, 5.74) is 5.44.